The van der Waals surface area contributed by atoms with Gasteiger partial charge in [-0.05, 0) is 84.7 Å². The van der Waals surface area contributed by atoms with E-state index >= 15 is 0 Å². The van der Waals surface area contributed by atoms with Crippen molar-refractivity contribution < 1.29 is 0 Å². The van der Waals surface area contributed by atoms with Crippen LogP contribution in [-0.2, 0) is 0 Å². The minimum atomic E-state index is 0.247. The van der Waals surface area contributed by atoms with Crippen LogP contribution in [0, 0.1) is 5.92 Å². The highest BCUT2D eigenvalue weighted by molar-refractivity contribution is 5.03. The largest absolute Gasteiger partial charge is 0.326 e. The smallest absolute Gasteiger partial charge is 0.0333 e. The molecule has 2 atom stereocenters. The van der Waals surface area contributed by atoms with Crippen LogP contribution in [0.25, 0.3) is 0 Å². The molecular formula is C17H38N4. The zero-order valence-corrected chi connectivity index (χ0v) is 14.8. The van der Waals surface area contributed by atoms with E-state index in [1.54, 1.807) is 0 Å². The van der Waals surface area contributed by atoms with Crippen LogP contribution in [-0.4, -0.2) is 56.8 Å². The molecule has 1 rings (SSSR count). The topological polar surface area (TPSA) is 53.3 Å². The van der Waals surface area contributed by atoms with E-state index < -0.39 is 0 Å². The molecular weight excluding hydrogens is 260 g/mol. The summed E-state index contributed by atoms with van der Waals surface area (Å²) >= 11 is 0. The van der Waals surface area contributed by atoms with Crippen LogP contribution >= 0.6 is 0 Å². The van der Waals surface area contributed by atoms with Crippen molar-refractivity contribution >= 4 is 0 Å². The SMILES string of the molecule is CCNC1(C(N)CCN(C)CCCC(C)CNC)CCC1. The number of rotatable bonds is 12. The fourth-order valence-corrected chi connectivity index (χ4v) is 3.50. The van der Waals surface area contributed by atoms with Gasteiger partial charge in [0, 0.05) is 11.6 Å². The first-order valence-electron chi connectivity index (χ1n) is 8.88. The molecule has 0 radical (unpaired) electrons. The molecule has 0 saturated heterocycles. The van der Waals surface area contributed by atoms with Crippen molar-refractivity contribution in [2.75, 3.05) is 40.3 Å². The van der Waals surface area contributed by atoms with E-state index in [2.05, 4.69) is 36.4 Å². The fraction of sp³-hybridized carbons (Fsp3) is 1.00. The second kappa shape index (κ2) is 9.78. The van der Waals surface area contributed by atoms with Crippen LogP contribution in [0.2, 0.25) is 0 Å². The van der Waals surface area contributed by atoms with Crippen LogP contribution < -0.4 is 16.4 Å². The average Bonchev–Trinajstić information content (AvgIpc) is 2.40. The van der Waals surface area contributed by atoms with E-state index in [-0.39, 0.29) is 5.54 Å². The van der Waals surface area contributed by atoms with Gasteiger partial charge in [-0.1, -0.05) is 13.8 Å². The van der Waals surface area contributed by atoms with Crippen molar-refractivity contribution in [3.63, 3.8) is 0 Å². The highest BCUT2D eigenvalue weighted by atomic mass is 15.1. The van der Waals surface area contributed by atoms with E-state index in [9.17, 15) is 0 Å². The van der Waals surface area contributed by atoms with Crippen LogP contribution in [0.5, 0.6) is 0 Å². The monoisotopic (exact) mass is 298 g/mol. The van der Waals surface area contributed by atoms with Gasteiger partial charge < -0.3 is 21.3 Å². The molecule has 1 aliphatic carbocycles. The summed E-state index contributed by atoms with van der Waals surface area (Å²) in [5.41, 5.74) is 6.71. The Morgan fingerprint density at radius 2 is 1.95 bits per heavy atom. The zero-order valence-electron chi connectivity index (χ0n) is 14.8. The van der Waals surface area contributed by atoms with Gasteiger partial charge in [-0.2, -0.15) is 0 Å². The van der Waals surface area contributed by atoms with Gasteiger partial charge in [-0.15, -0.1) is 0 Å². The first-order valence-corrected chi connectivity index (χ1v) is 8.88. The molecule has 0 aliphatic heterocycles. The fourth-order valence-electron chi connectivity index (χ4n) is 3.50. The minimum absolute atomic E-state index is 0.247. The molecule has 0 aromatic heterocycles. The van der Waals surface area contributed by atoms with Crippen molar-refractivity contribution in [1.82, 2.24) is 15.5 Å². The number of nitrogens with zero attached hydrogens (tertiary/aromatic N) is 1. The lowest BCUT2D eigenvalue weighted by Gasteiger charge is -2.47. The normalized spacial score (nSPS) is 20.3. The third kappa shape index (κ3) is 6.23. The van der Waals surface area contributed by atoms with Crippen LogP contribution in [0.4, 0.5) is 0 Å². The molecule has 0 heterocycles. The second-order valence-electron chi connectivity index (χ2n) is 7.04. The van der Waals surface area contributed by atoms with Crippen molar-refractivity contribution in [2.24, 2.45) is 11.7 Å². The summed E-state index contributed by atoms with van der Waals surface area (Å²) in [7, 11) is 4.26. The Labute approximate surface area is 132 Å². The number of likely N-dealkylation sites (N-methyl/N-ethyl adjacent to an activating group) is 1. The quantitative estimate of drug-likeness (QED) is 0.514. The summed E-state index contributed by atoms with van der Waals surface area (Å²) in [6.07, 6.45) is 7.54. The molecule has 4 nitrogen and oxygen atoms in total. The van der Waals surface area contributed by atoms with Crippen molar-refractivity contribution in [1.29, 1.82) is 0 Å². The summed E-state index contributed by atoms with van der Waals surface area (Å²) in [6.45, 7) is 8.98. The van der Waals surface area contributed by atoms with E-state index in [1.165, 1.54) is 38.6 Å². The molecule has 21 heavy (non-hydrogen) atoms. The van der Waals surface area contributed by atoms with Gasteiger partial charge in [0.1, 0.15) is 0 Å². The Morgan fingerprint density at radius 1 is 1.24 bits per heavy atom. The highest BCUT2D eigenvalue weighted by Crippen LogP contribution is 2.35. The maximum absolute atomic E-state index is 6.47. The molecule has 2 unspecified atom stereocenters. The summed E-state index contributed by atoms with van der Waals surface area (Å²) in [5.74, 6) is 0.776. The lowest BCUT2D eigenvalue weighted by Crippen LogP contribution is -2.62. The average molecular weight is 299 g/mol. The van der Waals surface area contributed by atoms with Crippen LogP contribution in [0.3, 0.4) is 0 Å². The standard InChI is InChI=1S/C17H38N4/c1-5-20-17(10-7-11-17)16(18)9-13-21(4)12-6-8-15(2)14-19-3/h15-16,19-20H,5-14,18H2,1-4H3. The third-order valence-corrected chi connectivity index (χ3v) is 5.10. The predicted molar refractivity (Wildman–Crippen MR) is 92.7 cm³/mol. The molecule has 0 amide bonds. The van der Waals surface area contributed by atoms with Crippen molar-refractivity contribution in [3.8, 4) is 0 Å². The van der Waals surface area contributed by atoms with E-state index in [0.29, 0.717) is 6.04 Å². The van der Waals surface area contributed by atoms with Crippen LogP contribution in [0.1, 0.15) is 52.4 Å². The lowest BCUT2D eigenvalue weighted by molar-refractivity contribution is 0.135. The molecule has 1 saturated carbocycles. The molecule has 0 aromatic rings. The number of nitrogens with one attached hydrogen (secondary N) is 2. The Bertz CT molecular complexity index is 266. The van der Waals surface area contributed by atoms with Crippen molar-refractivity contribution in [2.45, 2.75) is 64.0 Å². The van der Waals surface area contributed by atoms with Crippen molar-refractivity contribution in [3.05, 3.63) is 0 Å². The summed E-state index contributed by atoms with van der Waals surface area (Å²) in [5, 5.41) is 6.89. The summed E-state index contributed by atoms with van der Waals surface area (Å²) < 4.78 is 0. The van der Waals surface area contributed by atoms with E-state index in [0.717, 1.165) is 32.0 Å². The van der Waals surface area contributed by atoms with Gasteiger partial charge in [0.25, 0.3) is 0 Å². The Morgan fingerprint density at radius 3 is 2.48 bits per heavy atom. The Hall–Kier alpha value is -0.160. The maximum atomic E-state index is 6.47. The molecule has 1 fully saturated rings. The second-order valence-corrected chi connectivity index (χ2v) is 7.04. The van der Waals surface area contributed by atoms with Gasteiger partial charge in [-0.25, -0.2) is 0 Å². The van der Waals surface area contributed by atoms with E-state index in [1.807, 2.05) is 7.05 Å². The number of hydrogen-bond donors (Lipinski definition) is 3. The Kier molecular flexibility index (Phi) is 8.79. The minimum Gasteiger partial charge on any atom is -0.326 e. The molecule has 4 heteroatoms. The molecule has 0 bridgehead atoms. The molecule has 4 N–H and O–H groups in total. The van der Waals surface area contributed by atoms with Gasteiger partial charge >= 0.3 is 0 Å². The first kappa shape index (κ1) is 18.9. The zero-order chi connectivity index (χ0) is 15.7. The van der Waals surface area contributed by atoms with Gasteiger partial charge in [0.2, 0.25) is 0 Å². The van der Waals surface area contributed by atoms with Crippen LogP contribution in [0.15, 0.2) is 0 Å². The molecule has 0 aromatic carbocycles. The van der Waals surface area contributed by atoms with E-state index in [4.69, 9.17) is 5.73 Å². The summed E-state index contributed by atoms with van der Waals surface area (Å²) in [4.78, 5) is 2.45. The molecule has 126 valence electrons. The number of nitrogens with two attached hydrogens (primary N) is 1. The van der Waals surface area contributed by atoms with Gasteiger partial charge in [0.05, 0.1) is 0 Å². The number of hydrogen-bond acceptors (Lipinski definition) is 4. The maximum Gasteiger partial charge on any atom is 0.0333 e. The lowest BCUT2D eigenvalue weighted by atomic mass is 9.70. The third-order valence-electron chi connectivity index (χ3n) is 5.10. The molecule has 0 spiro atoms. The first-order chi connectivity index (χ1) is 10.0. The predicted octanol–water partition coefficient (Wildman–Crippen LogP) is 1.80. The molecule has 1 aliphatic rings. The van der Waals surface area contributed by atoms with Gasteiger partial charge in [0.15, 0.2) is 0 Å². The van der Waals surface area contributed by atoms with Gasteiger partial charge in [-0.3, -0.25) is 0 Å². The highest BCUT2D eigenvalue weighted by Gasteiger charge is 2.41. The Balaban J connectivity index is 2.15. The summed E-state index contributed by atoms with van der Waals surface area (Å²) in [6, 6.07) is 0.303.